The molecule has 0 fully saturated rings. The van der Waals surface area contributed by atoms with Crippen molar-refractivity contribution >= 4 is 16.9 Å². The summed E-state index contributed by atoms with van der Waals surface area (Å²) in [4.78, 5) is 14.2. The molecule has 0 aliphatic heterocycles. The molecule has 0 radical (unpaired) electrons. The average molecular weight is 246 g/mol. The summed E-state index contributed by atoms with van der Waals surface area (Å²) in [5.74, 6) is -0.172. The Morgan fingerprint density at radius 3 is 3.00 bits per heavy atom. The number of H-pyrrole nitrogens is 1. The van der Waals surface area contributed by atoms with E-state index >= 15 is 0 Å². The number of fused-ring (bicyclic) bond motifs is 1. The number of esters is 1. The van der Waals surface area contributed by atoms with Crippen molar-refractivity contribution in [3.8, 4) is 0 Å². The molecule has 1 aromatic carbocycles. The number of hydrogen-bond acceptors (Lipinski definition) is 3. The minimum Gasteiger partial charge on any atom is -0.469 e. The smallest absolute Gasteiger partial charge is 0.306 e. The first kappa shape index (κ1) is 12.6. The van der Waals surface area contributed by atoms with Crippen molar-refractivity contribution in [2.45, 2.75) is 12.8 Å². The van der Waals surface area contributed by atoms with Gasteiger partial charge >= 0.3 is 5.97 Å². The lowest BCUT2D eigenvalue weighted by Crippen LogP contribution is -2.21. The highest BCUT2D eigenvalue weighted by Gasteiger charge is 2.02. The van der Waals surface area contributed by atoms with Gasteiger partial charge in [0.05, 0.1) is 13.5 Å². The highest BCUT2D eigenvalue weighted by Crippen LogP contribution is 2.17. The van der Waals surface area contributed by atoms with Gasteiger partial charge in [-0.1, -0.05) is 18.2 Å². The number of aromatic nitrogens is 1. The zero-order chi connectivity index (χ0) is 12.8. The maximum absolute atomic E-state index is 10.9. The van der Waals surface area contributed by atoms with Crippen molar-refractivity contribution in [1.29, 1.82) is 0 Å². The molecule has 96 valence electrons. The number of nitrogens with one attached hydrogen (secondary N) is 2. The molecule has 0 aliphatic rings. The number of carbonyl (C=O) groups excluding carboxylic acids is 1. The van der Waals surface area contributed by atoms with Crippen LogP contribution in [0.4, 0.5) is 0 Å². The Hall–Kier alpha value is -1.81. The normalized spacial score (nSPS) is 10.7. The van der Waals surface area contributed by atoms with Gasteiger partial charge in [-0.15, -0.1) is 0 Å². The number of aromatic amines is 1. The second-order valence-electron chi connectivity index (χ2n) is 4.19. The van der Waals surface area contributed by atoms with E-state index in [0.717, 1.165) is 13.0 Å². The highest BCUT2D eigenvalue weighted by atomic mass is 16.5. The third kappa shape index (κ3) is 3.11. The number of ether oxygens (including phenoxy) is 1. The Balaban J connectivity index is 1.78. The Morgan fingerprint density at radius 1 is 1.33 bits per heavy atom. The molecule has 0 amide bonds. The monoisotopic (exact) mass is 246 g/mol. The number of carbonyl (C=O) groups is 1. The fraction of sp³-hybridized carbons (Fsp3) is 0.357. The van der Waals surface area contributed by atoms with Crippen LogP contribution in [0.15, 0.2) is 30.5 Å². The van der Waals surface area contributed by atoms with Crippen LogP contribution in [0.25, 0.3) is 10.9 Å². The van der Waals surface area contributed by atoms with Crippen LogP contribution in [0.3, 0.4) is 0 Å². The number of hydrogen-bond donors (Lipinski definition) is 2. The molecule has 0 spiro atoms. The Bertz CT molecular complexity index is 519. The van der Waals surface area contributed by atoms with Crippen LogP contribution in [-0.2, 0) is 16.0 Å². The molecule has 0 saturated carbocycles. The fourth-order valence-corrected chi connectivity index (χ4v) is 1.98. The van der Waals surface area contributed by atoms with E-state index in [1.807, 2.05) is 18.3 Å². The first-order valence-corrected chi connectivity index (χ1v) is 6.14. The first-order valence-electron chi connectivity index (χ1n) is 6.14. The van der Waals surface area contributed by atoms with E-state index in [2.05, 4.69) is 27.2 Å². The van der Waals surface area contributed by atoms with Gasteiger partial charge in [0.1, 0.15) is 0 Å². The molecule has 0 bridgehead atoms. The lowest BCUT2D eigenvalue weighted by molar-refractivity contribution is -0.140. The molecule has 4 nitrogen and oxygen atoms in total. The van der Waals surface area contributed by atoms with Gasteiger partial charge < -0.3 is 15.0 Å². The second kappa shape index (κ2) is 6.21. The van der Waals surface area contributed by atoms with Crippen molar-refractivity contribution < 1.29 is 9.53 Å². The molecule has 2 N–H and O–H groups in total. The summed E-state index contributed by atoms with van der Waals surface area (Å²) in [5, 5.41) is 4.51. The third-order valence-electron chi connectivity index (χ3n) is 2.98. The van der Waals surface area contributed by atoms with E-state index in [0.29, 0.717) is 13.0 Å². The molecule has 0 unspecified atom stereocenters. The van der Waals surface area contributed by atoms with Gasteiger partial charge in [-0.2, -0.15) is 0 Å². The van der Waals surface area contributed by atoms with Crippen LogP contribution in [0.2, 0.25) is 0 Å². The SMILES string of the molecule is COC(=O)CCNCCc1c[nH]c2ccccc12. The van der Waals surface area contributed by atoms with Gasteiger partial charge in [-0.05, 0) is 24.6 Å². The third-order valence-corrected chi connectivity index (χ3v) is 2.98. The molecule has 4 heteroatoms. The van der Waals surface area contributed by atoms with Crippen LogP contribution in [-0.4, -0.2) is 31.2 Å². The van der Waals surface area contributed by atoms with E-state index in [1.54, 1.807) is 0 Å². The standard InChI is InChI=1S/C14H18N2O2/c1-18-14(17)7-9-15-8-6-11-10-16-13-5-3-2-4-12(11)13/h2-5,10,15-16H,6-9H2,1H3. The van der Waals surface area contributed by atoms with E-state index in [-0.39, 0.29) is 5.97 Å². The zero-order valence-electron chi connectivity index (χ0n) is 10.5. The highest BCUT2D eigenvalue weighted by molar-refractivity contribution is 5.83. The van der Waals surface area contributed by atoms with Crippen LogP contribution < -0.4 is 5.32 Å². The summed E-state index contributed by atoms with van der Waals surface area (Å²) in [6.07, 6.45) is 3.42. The topological polar surface area (TPSA) is 54.1 Å². The van der Waals surface area contributed by atoms with E-state index in [9.17, 15) is 4.79 Å². The van der Waals surface area contributed by atoms with E-state index in [1.165, 1.54) is 23.6 Å². The molecule has 2 rings (SSSR count). The van der Waals surface area contributed by atoms with E-state index < -0.39 is 0 Å². The minimum absolute atomic E-state index is 0.172. The maximum atomic E-state index is 10.9. The fourth-order valence-electron chi connectivity index (χ4n) is 1.98. The molecule has 2 aromatic rings. The lowest BCUT2D eigenvalue weighted by atomic mass is 10.1. The minimum atomic E-state index is -0.172. The first-order chi connectivity index (χ1) is 8.81. The maximum Gasteiger partial charge on any atom is 0.306 e. The summed E-state index contributed by atoms with van der Waals surface area (Å²) in [7, 11) is 1.41. The van der Waals surface area contributed by atoms with Crippen LogP contribution >= 0.6 is 0 Å². The average Bonchev–Trinajstić information content (AvgIpc) is 2.81. The van der Waals surface area contributed by atoms with Crippen molar-refractivity contribution in [3.63, 3.8) is 0 Å². The van der Waals surface area contributed by atoms with Crippen molar-refractivity contribution in [2.75, 3.05) is 20.2 Å². The summed E-state index contributed by atoms with van der Waals surface area (Å²) in [6, 6.07) is 8.26. The van der Waals surface area contributed by atoms with Crippen LogP contribution in [0.5, 0.6) is 0 Å². The Labute approximate surface area is 106 Å². The lowest BCUT2D eigenvalue weighted by Gasteiger charge is -2.03. The molecule has 0 aliphatic carbocycles. The quantitative estimate of drug-likeness (QED) is 0.604. The molecular weight excluding hydrogens is 228 g/mol. The predicted octanol–water partition coefficient (Wildman–Crippen LogP) is 1.86. The number of para-hydroxylation sites is 1. The van der Waals surface area contributed by atoms with Gasteiger partial charge in [0.25, 0.3) is 0 Å². The predicted molar refractivity (Wildman–Crippen MR) is 71.5 cm³/mol. The molecule has 0 saturated heterocycles. The van der Waals surface area contributed by atoms with Gasteiger partial charge in [-0.3, -0.25) is 4.79 Å². The largest absolute Gasteiger partial charge is 0.469 e. The van der Waals surface area contributed by atoms with Crippen molar-refractivity contribution in [3.05, 3.63) is 36.0 Å². The van der Waals surface area contributed by atoms with E-state index in [4.69, 9.17) is 0 Å². The van der Waals surface area contributed by atoms with Crippen LogP contribution in [0.1, 0.15) is 12.0 Å². The number of rotatable bonds is 6. The molecule has 1 heterocycles. The van der Waals surface area contributed by atoms with Crippen molar-refractivity contribution in [2.24, 2.45) is 0 Å². The number of methoxy groups -OCH3 is 1. The molecule has 1 aromatic heterocycles. The summed E-state index contributed by atoms with van der Waals surface area (Å²) >= 11 is 0. The molecule has 0 atom stereocenters. The van der Waals surface area contributed by atoms with Gasteiger partial charge in [0, 0.05) is 23.6 Å². The summed E-state index contributed by atoms with van der Waals surface area (Å²) < 4.78 is 4.58. The molecular formula is C14H18N2O2. The zero-order valence-corrected chi connectivity index (χ0v) is 10.5. The van der Waals surface area contributed by atoms with Gasteiger partial charge in [0.15, 0.2) is 0 Å². The van der Waals surface area contributed by atoms with Gasteiger partial charge in [0.2, 0.25) is 0 Å². The Kier molecular flexibility index (Phi) is 4.36. The second-order valence-corrected chi connectivity index (χ2v) is 4.19. The summed E-state index contributed by atoms with van der Waals surface area (Å²) in [6.45, 7) is 1.52. The summed E-state index contributed by atoms with van der Waals surface area (Å²) in [5.41, 5.74) is 2.47. The van der Waals surface area contributed by atoms with Crippen molar-refractivity contribution in [1.82, 2.24) is 10.3 Å². The van der Waals surface area contributed by atoms with Crippen LogP contribution in [0, 0.1) is 0 Å². The number of benzene rings is 1. The Morgan fingerprint density at radius 2 is 2.17 bits per heavy atom. The van der Waals surface area contributed by atoms with Gasteiger partial charge in [-0.25, -0.2) is 0 Å². The molecule has 18 heavy (non-hydrogen) atoms.